The zero-order valence-electron chi connectivity index (χ0n) is 15.7. The summed E-state index contributed by atoms with van der Waals surface area (Å²) in [6.45, 7) is 1.91. The van der Waals surface area contributed by atoms with Gasteiger partial charge in [-0.2, -0.15) is 5.10 Å². The van der Waals surface area contributed by atoms with Gasteiger partial charge in [0.2, 0.25) is 5.91 Å². The summed E-state index contributed by atoms with van der Waals surface area (Å²) in [5.74, 6) is 0.483. The quantitative estimate of drug-likeness (QED) is 0.557. The first-order valence-electron chi connectivity index (χ1n) is 9.08. The summed E-state index contributed by atoms with van der Waals surface area (Å²) >= 11 is 0. The van der Waals surface area contributed by atoms with Crippen LogP contribution in [0.15, 0.2) is 41.3 Å². The summed E-state index contributed by atoms with van der Waals surface area (Å²) in [5, 5.41) is 8.68. The van der Waals surface area contributed by atoms with Gasteiger partial charge in [-0.25, -0.2) is 9.97 Å². The van der Waals surface area contributed by atoms with Crippen molar-refractivity contribution in [3.63, 3.8) is 0 Å². The van der Waals surface area contributed by atoms with E-state index in [1.54, 1.807) is 16.9 Å². The summed E-state index contributed by atoms with van der Waals surface area (Å²) in [5.41, 5.74) is 2.80. The number of amides is 1. The summed E-state index contributed by atoms with van der Waals surface area (Å²) in [4.78, 5) is 35.9. The Hall–Kier alpha value is -3.55. The Balaban J connectivity index is 1.38. The minimum absolute atomic E-state index is 0.106. The predicted molar refractivity (Wildman–Crippen MR) is 107 cm³/mol. The Labute approximate surface area is 160 Å². The number of nitrogens with one attached hydrogen (secondary N) is 2. The molecule has 0 radical (unpaired) electrons. The minimum atomic E-state index is -0.156. The van der Waals surface area contributed by atoms with Crippen LogP contribution < -0.4 is 10.9 Å². The second-order valence-corrected chi connectivity index (χ2v) is 6.74. The number of aromatic amines is 1. The number of hydrogen-bond donors (Lipinski definition) is 2. The lowest BCUT2D eigenvalue weighted by Gasteiger charge is -2.06. The van der Waals surface area contributed by atoms with Crippen LogP contribution in [-0.4, -0.2) is 30.6 Å². The summed E-state index contributed by atoms with van der Waals surface area (Å²) in [6.07, 6.45) is 3.05. The third-order valence-electron chi connectivity index (χ3n) is 4.63. The Morgan fingerprint density at radius 2 is 2.07 bits per heavy atom. The lowest BCUT2D eigenvalue weighted by atomic mass is 10.2. The minimum Gasteiger partial charge on any atom is -0.325 e. The molecule has 0 saturated carbocycles. The molecule has 4 rings (SSSR count). The maximum Gasteiger partial charge on any atom is 0.258 e. The van der Waals surface area contributed by atoms with Crippen LogP contribution in [0, 0.1) is 6.92 Å². The lowest BCUT2D eigenvalue weighted by Crippen LogP contribution is -2.14. The molecular weight excluding hydrogens is 356 g/mol. The van der Waals surface area contributed by atoms with Crippen LogP contribution in [0.5, 0.6) is 0 Å². The van der Waals surface area contributed by atoms with Gasteiger partial charge in [-0.3, -0.25) is 14.3 Å². The van der Waals surface area contributed by atoms with E-state index in [-0.39, 0.29) is 11.5 Å². The Kier molecular flexibility index (Phi) is 4.60. The number of hydrogen-bond acceptors (Lipinski definition) is 5. The highest BCUT2D eigenvalue weighted by Gasteiger charge is 2.10. The van der Waals surface area contributed by atoms with Crippen molar-refractivity contribution in [2.24, 2.45) is 7.05 Å². The molecule has 3 heterocycles. The lowest BCUT2D eigenvalue weighted by molar-refractivity contribution is -0.116. The Morgan fingerprint density at radius 3 is 2.93 bits per heavy atom. The van der Waals surface area contributed by atoms with Crippen molar-refractivity contribution < 1.29 is 4.79 Å². The summed E-state index contributed by atoms with van der Waals surface area (Å²) in [7, 11) is 1.84. The van der Waals surface area contributed by atoms with Crippen LogP contribution in [0.3, 0.4) is 0 Å². The highest BCUT2D eigenvalue weighted by molar-refractivity contribution is 5.93. The molecule has 0 unspecified atom stereocenters. The molecule has 0 bridgehead atoms. The third-order valence-corrected chi connectivity index (χ3v) is 4.63. The molecule has 4 aromatic rings. The number of benzene rings is 1. The molecule has 142 valence electrons. The number of H-pyrrole nitrogens is 1. The smallest absolute Gasteiger partial charge is 0.258 e. The van der Waals surface area contributed by atoms with Crippen molar-refractivity contribution in [1.82, 2.24) is 24.7 Å². The molecule has 0 saturated heterocycles. The molecule has 1 amide bonds. The van der Waals surface area contributed by atoms with E-state index >= 15 is 0 Å². The summed E-state index contributed by atoms with van der Waals surface area (Å²) < 4.78 is 1.72. The molecule has 0 spiro atoms. The number of pyridine rings is 1. The van der Waals surface area contributed by atoms with Crippen molar-refractivity contribution in [3.8, 4) is 0 Å². The highest BCUT2D eigenvalue weighted by Crippen LogP contribution is 2.19. The van der Waals surface area contributed by atoms with Crippen molar-refractivity contribution in [1.29, 1.82) is 0 Å². The first-order valence-corrected chi connectivity index (χ1v) is 9.08. The predicted octanol–water partition coefficient (Wildman–Crippen LogP) is 2.47. The van der Waals surface area contributed by atoms with Gasteiger partial charge in [0.05, 0.1) is 28.5 Å². The molecule has 1 aromatic carbocycles. The van der Waals surface area contributed by atoms with Crippen molar-refractivity contribution in [2.45, 2.75) is 26.2 Å². The number of carbonyl (C=O) groups excluding carboxylic acids is 1. The highest BCUT2D eigenvalue weighted by atomic mass is 16.1. The average molecular weight is 376 g/mol. The Morgan fingerprint density at radius 1 is 1.25 bits per heavy atom. The first-order chi connectivity index (χ1) is 13.5. The van der Waals surface area contributed by atoms with E-state index in [1.807, 2.05) is 38.2 Å². The maximum atomic E-state index is 12.3. The molecule has 0 aliphatic rings. The Bertz CT molecular complexity index is 1240. The molecule has 0 aliphatic carbocycles. The van der Waals surface area contributed by atoms with Gasteiger partial charge in [-0.15, -0.1) is 0 Å². The average Bonchev–Trinajstić information content (AvgIpc) is 2.95. The SMILES string of the molecule is Cc1nn(C)c2ncc(NC(=O)CCCc3nc4ccccc4c(=O)[nH]3)cc12. The molecule has 8 nitrogen and oxygen atoms in total. The number of aryl methyl sites for hydroxylation is 3. The zero-order valence-corrected chi connectivity index (χ0v) is 15.7. The molecule has 0 aliphatic heterocycles. The largest absolute Gasteiger partial charge is 0.325 e. The van der Waals surface area contributed by atoms with Crippen LogP contribution in [0.4, 0.5) is 5.69 Å². The first kappa shape index (κ1) is 17.8. The van der Waals surface area contributed by atoms with E-state index < -0.39 is 0 Å². The second-order valence-electron chi connectivity index (χ2n) is 6.74. The number of anilines is 1. The van der Waals surface area contributed by atoms with Crippen LogP contribution >= 0.6 is 0 Å². The summed E-state index contributed by atoms with van der Waals surface area (Å²) in [6, 6.07) is 9.09. The molecule has 3 aromatic heterocycles. The van der Waals surface area contributed by atoms with Crippen molar-refractivity contribution in [2.75, 3.05) is 5.32 Å². The standard InChI is InChI=1S/C20H20N6O2/c1-12-15-10-13(11-21-19(15)26(2)25-12)22-18(27)9-5-8-17-23-16-7-4-3-6-14(16)20(28)24-17/h3-4,6-7,10-11H,5,8-9H2,1-2H3,(H,22,27)(H,23,24,28). The van der Waals surface area contributed by atoms with Crippen molar-refractivity contribution >= 4 is 33.5 Å². The number of para-hydroxylation sites is 1. The van der Waals surface area contributed by atoms with E-state index in [1.165, 1.54) is 0 Å². The maximum absolute atomic E-state index is 12.3. The monoisotopic (exact) mass is 376 g/mol. The van der Waals surface area contributed by atoms with Crippen LogP contribution in [0.2, 0.25) is 0 Å². The van der Waals surface area contributed by atoms with Gasteiger partial charge in [0.15, 0.2) is 5.65 Å². The number of rotatable bonds is 5. The fraction of sp³-hybridized carbons (Fsp3) is 0.250. The number of aromatic nitrogens is 5. The molecule has 0 fully saturated rings. The van der Waals surface area contributed by atoms with Gasteiger partial charge < -0.3 is 10.3 Å². The van der Waals surface area contributed by atoms with Crippen LogP contribution in [0.1, 0.15) is 24.4 Å². The molecular formula is C20H20N6O2. The fourth-order valence-corrected chi connectivity index (χ4v) is 3.27. The van der Waals surface area contributed by atoms with Crippen molar-refractivity contribution in [3.05, 3.63) is 58.4 Å². The molecule has 28 heavy (non-hydrogen) atoms. The zero-order chi connectivity index (χ0) is 19.7. The number of fused-ring (bicyclic) bond motifs is 2. The molecule has 0 atom stereocenters. The molecule has 8 heteroatoms. The van der Waals surface area contributed by atoms with E-state index in [0.717, 1.165) is 16.7 Å². The topological polar surface area (TPSA) is 106 Å². The van der Waals surface area contributed by atoms with Gasteiger partial charge in [-0.1, -0.05) is 12.1 Å². The van der Waals surface area contributed by atoms with Gasteiger partial charge >= 0.3 is 0 Å². The van der Waals surface area contributed by atoms with E-state index in [9.17, 15) is 9.59 Å². The van der Waals surface area contributed by atoms with E-state index in [4.69, 9.17) is 0 Å². The normalized spacial score (nSPS) is 11.2. The molecule has 2 N–H and O–H groups in total. The fourth-order valence-electron chi connectivity index (χ4n) is 3.27. The van der Waals surface area contributed by atoms with E-state index in [2.05, 4.69) is 25.4 Å². The van der Waals surface area contributed by atoms with Crippen LogP contribution in [0.25, 0.3) is 21.9 Å². The van der Waals surface area contributed by atoms with Gasteiger partial charge in [0.25, 0.3) is 5.56 Å². The van der Waals surface area contributed by atoms with E-state index in [0.29, 0.717) is 41.7 Å². The van der Waals surface area contributed by atoms with Gasteiger partial charge in [-0.05, 0) is 31.5 Å². The van der Waals surface area contributed by atoms with Crippen LogP contribution in [-0.2, 0) is 18.3 Å². The van der Waals surface area contributed by atoms with Gasteiger partial charge in [0, 0.05) is 25.3 Å². The third kappa shape index (κ3) is 3.48. The number of carbonyl (C=O) groups is 1. The van der Waals surface area contributed by atoms with Gasteiger partial charge in [0.1, 0.15) is 5.82 Å². The number of nitrogens with zero attached hydrogens (tertiary/aromatic N) is 4. The second kappa shape index (κ2) is 7.22.